The number of ether oxygens (including phenoxy) is 2. The van der Waals surface area contributed by atoms with Crippen molar-refractivity contribution in [2.75, 3.05) is 19.6 Å². The summed E-state index contributed by atoms with van der Waals surface area (Å²) in [6.45, 7) is 0.163. The highest BCUT2D eigenvalue weighted by Crippen LogP contribution is 2.41. The van der Waals surface area contributed by atoms with E-state index in [9.17, 15) is 9.59 Å². The van der Waals surface area contributed by atoms with E-state index in [1.807, 2.05) is 36.4 Å². The van der Waals surface area contributed by atoms with Gasteiger partial charge in [0.1, 0.15) is 24.3 Å². The Morgan fingerprint density at radius 2 is 1.97 bits per heavy atom. The lowest BCUT2D eigenvalue weighted by Crippen LogP contribution is -2.52. The van der Waals surface area contributed by atoms with Gasteiger partial charge in [0.2, 0.25) is 5.91 Å². The largest absolute Gasteiger partial charge is 0.481 e. The number of amides is 1. The number of para-hydroxylation sites is 1. The van der Waals surface area contributed by atoms with Gasteiger partial charge in [0.05, 0.1) is 13.2 Å². The molecule has 0 saturated heterocycles. The van der Waals surface area contributed by atoms with Crippen LogP contribution in [-0.4, -0.2) is 47.4 Å². The Kier molecular flexibility index (Phi) is 5.88. The number of esters is 1. The molecule has 1 aromatic heterocycles. The van der Waals surface area contributed by atoms with Crippen molar-refractivity contribution >= 4 is 34.4 Å². The van der Waals surface area contributed by atoms with E-state index < -0.39 is 18.1 Å². The number of methoxy groups -OCH3 is 1. The van der Waals surface area contributed by atoms with Crippen molar-refractivity contribution in [3.8, 4) is 18.1 Å². The Bertz CT molecular complexity index is 1160. The van der Waals surface area contributed by atoms with E-state index in [0.717, 1.165) is 27.7 Å². The Balaban J connectivity index is 1.89. The van der Waals surface area contributed by atoms with E-state index in [4.69, 9.17) is 27.5 Å². The molecule has 6 nitrogen and oxygen atoms in total. The van der Waals surface area contributed by atoms with Crippen molar-refractivity contribution in [3.63, 3.8) is 0 Å². The van der Waals surface area contributed by atoms with Crippen LogP contribution < -0.4 is 4.74 Å². The third-order valence-corrected chi connectivity index (χ3v) is 5.75. The molecule has 1 aliphatic heterocycles. The van der Waals surface area contributed by atoms with Gasteiger partial charge >= 0.3 is 5.97 Å². The van der Waals surface area contributed by atoms with E-state index in [2.05, 4.69) is 10.9 Å². The summed E-state index contributed by atoms with van der Waals surface area (Å²) in [4.78, 5) is 30.6. The lowest BCUT2D eigenvalue weighted by molar-refractivity contribution is -0.154. The Morgan fingerprint density at radius 3 is 2.65 bits per heavy atom. The number of carbonyl (C=O) groups excluding carboxylic acids is 2. The Labute approximate surface area is 185 Å². The van der Waals surface area contributed by atoms with Crippen LogP contribution in [0.5, 0.6) is 5.75 Å². The zero-order valence-electron chi connectivity index (χ0n) is 16.9. The third-order valence-electron chi connectivity index (χ3n) is 5.53. The van der Waals surface area contributed by atoms with Crippen LogP contribution in [-0.2, 0) is 20.7 Å². The summed E-state index contributed by atoms with van der Waals surface area (Å²) in [6.07, 6.45) is 5.60. The molecule has 1 N–H and O–H groups in total. The number of nitrogens with one attached hydrogen (secondary N) is 1. The molecule has 0 radical (unpaired) electrons. The topological polar surface area (TPSA) is 71.6 Å². The summed E-state index contributed by atoms with van der Waals surface area (Å²) >= 11 is 5.95. The molecule has 2 heterocycles. The molecular weight excluding hydrogens is 416 g/mol. The smallest absolute Gasteiger partial charge is 0.328 e. The highest BCUT2D eigenvalue weighted by atomic mass is 35.5. The molecule has 3 aromatic rings. The van der Waals surface area contributed by atoms with Crippen molar-refractivity contribution in [1.29, 1.82) is 0 Å². The molecule has 0 spiro atoms. The molecule has 31 heavy (non-hydrogen) atoms. The fourth-order valence-corrected chi connectivity index (χ4v) is 4.34. The number of hydrogen-bond donors (Lipinski definition) is 1. The summed E-state index contributed by atoms with van der Waals surface area (Å²) in [5, 5.41) is 1.02. The maximum atomic E-state index is 12.9. The number of alkyl halides is 1. The zero-order chi connectivity index (χ0) is 22.0. The molecule has 0 bridgehead atoms. The third kappa shape index (κ3) is 3.73. The fraction of sp³-hybridized carbons (Fsp3) is 0.250. The predicted molar refractivity (Wildman–Crippen MR) is 118 cm³/mol. The minimum absolute atomic E-state index is 0.163. The van der Waals surface area contributed by atoms with E-state index in [0.29, 0.717) is 12.2 Å². The predicted octanol–water partition coefficient (Wildman–Crippen LogP) is 3.43. The van der Waals surface area contributed by atoms with Crippen molar-refractivity contribution in [2.45, 2.75) is 18.5 Å². The second-order valence-corrected chi connectivity index (χ2v) is 7.47. The van der Waals surface area contributed by atoms with Crippen molar-refractivity contribution in [1.82, 2.24) is 9.88 Å². The van der Waals surface area contributed by atoms with Gasteiger partial charge in [-0.2, -0.15) is 0 Å². The van der Waals surface area contributed by atoms with Gasteiger partial charge in [-0.3, -0.25) is 4.79 Å². The molecular formula is C24H21ClN2O4. The fourth-order valence-electron chi connectivity index (χ4n) is 4.20. The molecule has 1 aliphatic rings. The average molecular weight is 437 g/mol. The highest BCUT2D eigenvalue weighted by molar-refractivity contribution is 6.27. The first-order valence-corrected chi connectivity index (χ1v) is 10.3. The molecule has 0 aliphatic carbocycles. The number of aromatic amines is 1. The van der Waals surface area contributed by atoms with Crippen LogP contribution in [0.25, 0.3) is 10.9 Å². The summed E-state index contributed by atoms with van der Waals surface area (Å²) in [5.41, 5.74) is 3.60. The Morgan fingerprint density at radius 1 is 1.23 bits per heavy atom. The summed E-state index contributed by atoms with van der Waals surface area (Å²) in [5.74, 6) is 1.98. The number of terminal acetylenes is 1. The molecule has 0 fully saturated rings. The van der Waals surface area contributed by atoms with Crippen LogP contribution in [0.4, 0.5) is 0 Å². The average Bonchev–Trinajstić information content (AvgIpc) is 3.19. The standard InChI is InChI=1S/C24H21ClN2O4/c1-3-12-31-16-10-8-15(9-11-16)23-22-18(17-6-4-5-7-19(17)26-22)13-20(24(29)30-2)27(23)21(28)14-25/h1,4-11,20,23,26H,12-14H2,2H3/t20-,23-/m1/s1. The molecule has 0 saturated carbocycles. The first-order chi connectivity index (χ1) is 15.1. The second kappa shape index (κ2) is 8.75. The van der Waals surface area contributed by atoms with Crippen LogP contribution in [0.1, 0.15) is 22.9 Å². The molecule has 2 atom stereocenters. The van der Waals surface area contributed by atoms with Gasteiger partial charge in [-0.25, -0.2) is 4.79 Å². The van der Waals surface area contributed by atoms with E-state index in [1.165, 1.54) is 12.0 Å². The number of H-pyrrole nitrogens is 1. The highest BCUT2D eigenvalue weighted by Gasteiger charge is 2.43. The van der Waals surface area contributed by atoms with Gasteiger partial charge in [-0.05, 0) is 29.3 Å². The van der Waals surface area contributed by atoms with Crippen molar-refractivity contribution < 1.29 is 19.1 Å². The van der Waals surface area contributed by atoms with Crippen molar-refractivity contribution in [2.24, 2.45) is 0 Å². The number of halogens is 1. The van der Waals surface area contributed by atoms with Crippen LogP contribution in [0, 0.1) is 12.3 Å². The van der Waals surface area contributed by atoms with Gasteiger partial charge in [-0.1, -0.05) is 36.3 Å². The lowest BCUT2D eigenvalue weighted by Gasteiger charge is -2.40. The number of aromatic nitrogens is 1. The molecule has 4 rings (SSSR count). The molecule has 7 heteroatoms. The zero-order valence-corrected chi connectivity index (χ0v) is 17.7. The molecule has 2 aromatic carbocycles. The molecule has 0 unspecified atom stereocenters. The maximum Gasteiger partial charge on any atom is 0.328 e. The first kappa shape index (κ1) is 20.8. The molecule has 158 valence electrons. The number of benzene rings is 2. The summed E-state index contributed by atoms with van der Waals surface area (Å²) < 4.78 is 10.5. The Hall–Kier alpha value is -3.43. The van der Waals surface area contributed by atoms with Gasteiger partial charge in [0.25, 0.3) is 0 Å². The first-order valence-electron chi connectivity index (χ1n) is 9.79. The summed E-state index contributed by atoms with van der Waals surface area (Å²) in [7, 11) is 1.32. The van der Waals surface area contributed by atoms with E-state index >= 15 is 0 Å². The van der Waals surface area contributed by atoms with E-state index in [-0.39, 0.29) is 18.4 Å². The van der Waals surface area contributed by atoms with Crippen LogP contribution in [0.2, 0.25) is 0 Å². The minimum atomic E-state index is -0.787. The van der Waals surface area contributed by atoms with Crippen LogP contribution in [0.15, 0.2) is 48.5 Å². The van der Waals surface area contributed by atoms with Crippen molar-refractivity contribution in [3.05, 3.63) is 65.4 Å². The van der Waals surface area contributed by atoms with Gasteiger partial charge in [0.15, 0.2) is 0 Å². The number of rotatable bonds is 5. The van der Waals surface area contributed by atoms with Crippen LogP contribution in [0.3, 0.4) is 0 Å². The number of hydrogen-bond acceptors (Lipinski definition) is 4. The second-order valence-electron chi connectivity index (χ2n) is 7.20. The van der Waals surface area contributed by atoms with Gasteiger partial charge < -0.3 is 19.4 Å². The van der Waals surface area contributed by atoms with Gasteiger partial charge in [0, 0.05) is 23.0 Å². The number of nitrogens with zero attached hydrogens (tertiary/aromatic N) is 1. The van der Waals surface area contributed by atoms with Gasteiger partial charge in [-0.15, -0.1) is 18.0 Å². The summed E-state index contributed by atoms with van der Waals surface area (Å²) in [6, 6.07) is 13.9. The quantitative estimate of drug-likeness (QED) is 0.378. The lowest BCUT2D eigenvalue weighted by atomic mass is 9.88. The maximum absolute atomic E-state index is 12.9. The van der Waals surface area contributed by atoms with Crippen LogP contribution >= 0.6 is 11.6 Å². The molecule has 1 amide bonds. The minimum Gasteiger partial charge on any atom is -0.481 e. The normalized spacial score (nSPS) is 17.6. The number of fused-ring (bicyclic) bond motifs is 3. The van der Waals surface area contributed by atoms with E-state index in [1.54, 1.807) is 12.1 Å². The monoisotopic (exact) mass is 436 g/mol. The number of carbonyl (C=O) groups is 2. The SMILES string of the molecule is C#CCOc1ccc([C@@H]2c3[nH]c4ccccc4c3C[C@H](C(=O)OC)N2C(=O)CCl)cc1.